The molecule has 0 bridgehead atoms. The van der Waals surface area contributed by atoms with Gasteiger partial charge in [-0.15, -0.1) is 0 Å². The first-order valence-electron chi connectivity index (χ1n) is 10.1. The number of carbonyl (C=O) groups is 2. The van der Waals surface area contributed by atoms with Crippen molar-refractivity contribution >= 4 is 17.6 Å². The van der Waals surface area contributed by atoms with E-state index in [0.717, 1.165) is 11.3 Å². The second-order valence-electron chi connectivity index (χ2n) is 8.26. The Labute approximate surface area is 172 Å². The lowest BCUT2D eigenvalue weighted by atomic mass is 9.91. The Morgan fingerprint density at radius 2 is 1.70 bits per heavy atom. The standard InChI is InChI=1S/C20H25F3N4O3/c21-20(22,23)12-30-17-10-26(11-17)16-3-1-13(2-4-16)15-8-27(9-15)19(29)25-6-5-14(7-25)18(24)28/h1-4,14-15,17H,5-12H2,(H2,24,28)/t14-/m0/s1. The number of hydrogen-bond donors (Lipinski definition) is 1. The molecule has 1 atom stereocenters. The van der Waals surface area contributed by atoms with Crippen molar-refractivity contribution in [2.45, 2.75) is 24.6 Å². The summed E-state index contributed by atoms with van der Waals surface area (Å²) in [5.41, 5.74) is 7.40. The fourth-order valence-electron chi connectivity index (χ4n) is 4.14. The minimum absolute atomic E-state index is 0.0444. The van der Waals surface area contributed by atoms with Crippen molar-refractivity contribution in [3.05, 3.63) is 29.8 Å². The summed E-state index contributed by atoms with van der Waals surface area (Å²) >= 11 is 0. The molecule has 3 aliphatic heterocycles. The van der Waals surface area contributed by atoms with Crippen LogP contribution < -0.4 is 10.6 Å². The lowest BCUT2D eigenvalue weighted by molar-refractivity contribution is -0.187. The van der Waals surface area contributed by atoms with Gasteiger partial charge >= 0.3 is 12.2 Å². The van der Waals surface area contributed by atoms with E-state index in [-0.39, 0.29) is 23.8 Å². The Balaban J connectivity index is 1.21. The molecule has 0 unspecified atom stereocenters. The number of benzene rings is 1. The van der Waals surface area contributed by atoms with Crippen LogP contribution in [0.15, 0.2) is 24.3 Å². The number of urea groups is 1. The Bertz CT molecular complexity index is 789. The fraction of sp³-hybridized carbons (Fsp3) is 0.600. The summed E-state index contributed by atoms with van der Waals surface area (Å²) in [5.74, 6) is -0.345. The van der Waals surface area contributed by atoms with Gasteiger partial charge in [-0.2, -0.15) is 13.2 Å². The number of carbonyl (C=O) groups excluding carboxylic acids is 2. The predicted molar refractivity (Wildman–Crippen MR) is 103 cm³/mol. The van der Waals surface area contributed by atoms with Crippen molar-refractivity contribution in [2.75, 3.05) is 50.8 Å². The second-order valence-corrected chi connectivity index (χ2v) is 8.26. The normalized spacial score (nSPS) is 22.8. The van der Waals surface area contributed by atoms with E-state index in [9.17, 15) is 22.8 Å². The number of nitrogens with two attached hydrogens (primary N) is 1. The third-order valence-electron chi connectivity index (χ3n) is 6.07. The van der Waals surface area contributed by atoms with Gasteiger partial charge in [-0.1, -0.05) is 12.1 Å². The van der Waals surface area contributed by atoms with Crippen LogP contribution in [0.4, 0.5) is 23.7 Å². The Morgan fingerprint density at radius 1 is 1.03 bits per heavy atom. The van der Waals surface area contributed by atoms with Gasteiger partial charge in [0, 0.05) is 50.9 Å². The number of rotatable bonds is 5. The first-order chi connectivity index (χ1) is 14.2. The molecule has 164 valence electrons. The highest BCUT2D eigenvalue weighted by Crippen LogP contribution is 2.31. The third-order valence-corrected chi connectivity index (χ3v) is 6.07. The van der Waals surface area contributed by atoms with Crippen LogP contribution in [0, 0.1) is 5.92 Å². The molecule has 30 heavy (non-hydrogen) atoms. The van der Waals surface area contributed by atoms with E-state index in [1.165, 1.54) is 0 Å². The first kappa shape index (κ1) is 20.8. The SMILES string of the molecule is NC(=O)[C@H]1CCN(C(=O)N2CC(c3ccc(N4CC(OCC(F)(F)F)C4)cc3)C2)C1. The van der Waals surface area contributed by atoms with Crippen molar-refractivity contribution in [1.82, 2.24) is 9.80 Å². The maximum Gasteiger partial charge on any atom is 0.411 e. The number of halogens is 3. The van der Waals surface area contributed by atoms with Gasteiger partial charge in [0.1, 0.15) is 6.61 Å². The minimum Gasteiger partial charge on any atom is -0.369 e. The lowest BCUT2D eigenvalue weighted by Crippen LogP contribution is -2.53. The van der Waals surface area contributed by atoms with E-state index in [1.807, 2.05) is 29.2 Å². The highest BCUT2D eigenvalue weighted by Gasteiger charge is 2.38. The zero-order valence-electron chi connectivity index (χ0n) is 16.5. The lowest BCUT2D eigenvalue weighted by Gasteiger charge is -2.42. The molecule has 0 aromatic heterocycles. The van der Waals surface area contributed by atoms with Crippen LogP contribution in [0.2, 0.25) is 0 Å². The van der Waals surface area contributed by atoms with Crippen LogP contribution >= 0.6 is 0 Å². The van der Waals surface area contributed by atoms with Gasteiger partial charge in [-0.05, 0) is 24.1 Å². The average molecular weight is 426 g/mol. The quantitative estimate of drug-likeness (QED) is 0.779. The molecule has 0 spiro atoms. The smallest absolute Gasteiger partial charge is 0.369 e. The van der Waals surface area contributed by atoms with Crippen LogP contribution in [-0.2, 0) is 9.53 Å². The largest absolute Gasteiger partial charge is 0.411 e. The maximum atomic E-state index is 12.5. The Kier molecular flexibility index (Phi) is 5.52. The molecule has 3 amide bonds. The summed E-state index contributed by atoms with van der Waals surface area (Å²) in [7, 11) is 0. The molecule has 3 aliphatic rings. The van der Waals surface area contributed by atoms with Gasteiger partial charge in [-0.25, -0.2) is 4.79 Å². The summed E-state index contributed by atoms with van der Waals surface area (Å²) in [5, 5.41) is 0. The van der Waals surface area contributed by atoms with Crippen LogP contribution in [0.25, 0.3) is 0 Å². The van der Waals surface area contributed by atoms with Crippen LogP contribution in [0.3, 0.4) is 0 Å². The number of nitrogens with zero attached hydrogens (tertiary/aromatic N) is 3. The number of alkyl halides is 3. The molecule has 4 rings (SSSR count). The molecule has 2 N–H and O–H groups in total. The van der Waals surface area contributed by atoms with Gasteiger partial charge in [-0.3, -0.25) is 4.79 Å². The molecule has 1 aromatic rings. The highest BCUT2D eigenvalue weighted by atomic mass is 19.4. The summed E-state index contributed by atoms with van der Waals surface area (Å²) < 4.78 is 41.4. The van der Waals surface area contributed by atoms with E-state index in [4.69, 9.17) is 10.5 Å². The second kappa shape index (κ2) is 7.98. The van der Waals surface area contributed by atoms with Crippen LogP contribution in [0.5, 0.6) is 0 Å². The molecular formula is C20H25F3N4O3. The van der Waals surface area contributed by atoms with Gasteiger partial charge in [0.25, 0.3) is 0 Å². The van der Waals surface area contributed by atoms with Crippen molar-refractivity contribution in [3.8, 4) is 0 Å². The molecule has 0 saturated carbocycles. The van der Waals surface area contributed by atoms with E-state index < -0.39 is 18.9 Å². The topological polar surface area (TPSA) is 79.1 Å². The fourth-order valence-corrected chi connectivity index (χ4v) is 4.14. The number of primary amides is 1. The average Bonchev–Trinajstić information content (AvgIpc) is 3.09. The van der Waals surface area contributed by atoms with Crippen molar-refractivity contribution in [2.24, 2.45) is 11.7 Å². The Hall–Kier alpha value is -2.49. The Morgan fingerprint density at radius 3 is 2.27 bits per heavy atom. The number of ether oxygens (including phenoxy) is 1. The summed E-state index contributed by atoms with van der Waals surface area (Å²) in [4.78, 5) is 29.2. The van der Waals surface area contributed by atoms with Crippen molar-refractivity contribution in [1.29, 1.82) is 0 Å². The molecule has 10 heteroatoms. The molecule has 0 radical (unpaired) electrons. The number of hydrogen-bond acceptors (Lipinski definition) is 4. The molecule has 1 aromatic carbocycles. The molecule has 3 heterocycles. The maximum absolute atomic E-state index is 12.5. The summed E-state index contributed by atoms with van der Waals surface area (Å²) in [6.07, 6.45) is -4.06. The van der Waals surface area contributed by atoms with Gasteiger partial charge in [0.2, 0.25) is 5.91 Å². The monoisotopic (exact) mass is 426 g/mol. The van der Waals surface area contributed by atoms with Crippen LogP contribution in [-0.4, -0.2) is 79.9 Å². The molecule has 3 fully saturated rings. The van der Waals surface area contributed by atoms with E-state index in [2.05, 4.69) is 0 Å². The van der Waals surface area contributed by atoms with Gasteiger partial charge < -0.3 is 25.2 Å². The van der Waals surface area contributed by atoms with Gasteiger partial charge in [0.15, 0.2) is 0 Å². The molecule has 0 aliphatic carbocycles. The van der Waals surface area contributed by atoms with E-state index in [1.54, 1.807) is 9.80 Å². The number of anilines is 1. The van der Waals surface area contributed by atoms with Gasteiger partial charge in [0.05, 0.1) is 12.0 Å². The molecule has 3 saturated heterocycles. The first-order valence-corrected chi connectivity index (χ1v) is 10.1. The summed E-state index contributed by atoms with van der Waals surface area (Å²) in [6.45, 7) is 1.91. The zero-order valence-corrected chi connectivity index (χ0v) is 16.5. The van der Waals surface area contributed by atoms with E-state index >= 15 is 0 Å². The molecule has 7 nitrogen and oxygen atoms in total. The number of amides is 3. The highest BCUT2D eigenvalue weighted by molar-refractivity contribution is 5.80. The minimum atomic E-state index is -4.29. The van der Waals surface area contributed by atoms with Crippen molar-refractivity contribution < 1.29 is 27.5 Å². The van der Waals surface area contributed by atoms with E-state index in [0.29, 0.717) is 45.7 Å². The predicted octanol–water partition coefficient (Wildman–Crippen LogP) is 1.78. The van der Waals surface area contributed by atoms with Crippen LogP contribution in [0.1, 0.15) is 17.9 Å². The van der Waals surface area contributed by atoms with Crippen molar-refractivity contribution in [3.63, 3.8) is 0 Å². The summed E-state index contributed by atoms with van der Waals surface area (Å²) in [6, 6.07) is 7.88. The molecular weight excluding hydrogens is 401 g/mol. The zero-order chi connectivity index (χ0) is 21.5. The third kappa shape index (κ3) is 4.48. The number of likely N-dealkylation sites (tertiary alicyclic amines) is 2.